The van der Waals surface area contributed by atoms with Crippen LogP contribution < -0.4 is 0 Å². The summed E-state index contributed by atoms with van der Waals surface area (Å²) < 4.78 is 0. The van der Waals surface area contributed by atoms with E-state index in [1.807, 2.05) is 6.92 Å². The Kier molecular flexibility index (Phi) is 1.32. The van der Waals surface area contributed by atoms with Crippen molar-refractivity contribution in [2.24, 2.45) is 10.9 Å². The lowest BCUT2D eigenvalue weighted by Gasteiger charge is -2.03. The predicted octanol–water partition coefficient (Wildman–Crippen LogP) is 1.77. The molecule has 42 valence electrons. The van der Waals surface area contributed by atoms with Gasteiger partial charge < -0.3 is 0 Å². The largest absolute Gasteiger partial charge is 0.215 e. The molecule has 1 nitrogen and oxygen atoms in total. The molecule has 0 aromatic rings. The molecule has 0 aliphatic carbocycles. The zero-order valence-electron chi connectivity index (χ0n) is 5.18. The molecule has 0 fully saturated rings. The quantitative estimate of drug-likeness (QED) is 0.447. The third-order valence-electron chi connectivity index (χ3n) is 1.37. The Bertz CT molecular complexity index is 171. The second-order valence-electron chi connectivity index (χ2n) is 2.05. The number of hydrogen-bond donors (Lipinski definition) is 0. The van der Waals surface area contributed by atoms with Crippen LogP contribution in [0.15, 0.2) is 22.8 Å². The maximum Gasteiger partial charge on any atom is 0.0334 e. The summed E-state index contributed by atoms with van der Waals surface area (Å²) in [5.41, 5.74) is 1.22. The van der Waals surface area contributed by atoms with Gasteiger partial charge >= 0.3 is 0 Å². The van der Waals surface area contributed by atoms with Gasteiger partial charge in [-0.05, 0) is 18.4 Å². The molecule has 0 aromatic carbocycles. The SMILES string of the molecule is CC1=C=NC=CC1C. The highest BCUT2D eigenvalue weighted by molar-refractivity contribution is 5.60. The van der Waals surface area contributed by atoms with E-state index < -0.39 is 0 Å². The second kappa shape index (κ2) is 1.97. The van der Waals surface area contributed by atoms with Crippen LogP contribution in [-0.2, 0) is 0 Å². The van der Waals surface area contributed by atoms with Gasteiger partial charge in [-0.2, -0.15) is 0 Å². The molecule has 0 radical (unpaired) electrons. The van der Waals surface area contributed by atoms with Crippen LogP contribution in [0.4, 0.5) is 0 Å². The van der Waals surface area contributed by atoms with Crippen LogP contribution in [0, 0.1) is 5.92 Å². The van der Waals surface area contributed by atoms with Crippen LogP contribution in [-0.4, -0.2) is 5.87 Å². The molecular weight excluding hydrogens is 98.1 g/mol. The van der Waals surface area contributed by atoms with Gasteiger partial charge in [0.2, 0.25) is 0 Å². The van der Waals surface area contributed by atoms with E-state index in [9.17, 15) is 0 Å². The van der Waals surface area contributed by atoms with Crippen LogP contribution in [0.3, 0.4) is 0 Å². The lowest BCUT2D eigenvalue weighted by Crippen LogP contribution is -1.93. The fourth-order valence-electron chi connectivity index (χ4n) is 0.557. The monoisotopic (exact) mass is 107 g/mol. The molecule has 0 N–H and O–H groups in total. The van der Waals surface area contributed by atoms with Gasteiger partial charge in [0.1, 0.15) is 0 Å². The summed E-state index contributed by atoms with van der Waals surface area (Å²) in [6, 6.07) is 0. The minimum absolute atomic E-state index is 0.535. The van der Waals surface area contributed by atoms with E-state index in [1.165, 1.54) is 5.57 Å². The highest BCUT2D eigenvalue weighted by Gasteiger charge is 1.99. The van der Waals surface area contributed by atoms with Crippen molar-refractivity contribution in [3.8, 4) is 0 Å². The topological polar surface area (TPSA) is 12.4 Å². The van der Waals surface area contributed by atoms with Crippen LogP contribution in [0.5, 0.6) is 0 Å². The third-order valence-corrected chi connectivity index (χ3v) is 1.37. The molecule has 0 amide bonds. The van der Waals surface area contributed by atoms with Crippen molar-refractivity contribution in [2.75, 3.05) is 0 Å². The van der Waals surface area contributed by atoms with E-state index in [-0.39, 0.29) is 0 Å². The number of hydrogen-bond acceptors (Lipinski definition) is 1. The van der Waals surface area contributed by atoms with E-state index in [0.717, 1.165) is 0 Å². The first kappa shape index (κ1) is 5.33. The summed E-state index contributed by atoms with van der Waals surface area (Å²) in [6.45, 7) is 4.17. The van der Waals surface area contributed by atoms with Gasteiger partial charge in [0.05, 0.1) is 0 Å². The maximum atomic E-state index is 3.84. The first-order valence-corrected chi connectivity index (χ1v) is 2.76. The molecule has 1 unspecified atom stereocenters. The Morgan fingerprint density at radius 3 is 2.88 bits per heavy atom. The summed E-state index contributed by atoms with van der Waals surface area (Å²) >= 11 is 0. The predicted molar refractivity (Wildman–Crippen MR) is 34.9 cm³/mol. The van der Waals surface area contributed by atoms with Gasteiger partial charge in [0.15, 0.2) is 0 Å². The van der Waals surface area contributed by atoms with Gasteiger partial charge in [0, 0.05) is 12.1 Å². The Labute approximate surface area is 49.4 Å². The molecule has 1 heterocycles. The number of aliphatic imine (C=N–C) groups is 1. The van der Waals surface area contributed by atoms with E-state index in [1.54, 1.807) is 6.20 Å². The molecule has 1 aliphatic rings. The molecule has 0 saturated carbocycles. The van der Waals surface area contributed by atoms with Gasteiger partial charge in [-0.1, -0.05) is 13.0 Å². The minimum Gasteiger partial charge on any atom is -0.215 e. The molecule has 0 aromatic heterocycles. The zero-order valence-corrected chi connectivity index (χ0v) is 5.18. The van der Waals surface area contributed by atoms with Crippen molar-refractivity contribution in [3.63, 3.8) is 0 Å². The van der Waals surface area contributed by atoms with Crippen molar-refractivity contribution in [1.82, 2.24) is 0 Å². The molecule has 1 rings (SSSR count). The van der Waals surface area contributed by atoms with Crippen molar-refractivity contribution in [2.45, 2.75) is 13.8 Å². The average Bonchev–Trinajstić information content (AvgIpc) is 1.77. The molecule has 8 heavy (non-hydrogen) atoms. The van der Waals surface area contributed by atoms with Gasteiger partial charge in [-0.25, -0.2) is 4.99 Å². The maximum absolute atomic E-state index is 3.84. The highest BCUT2D eigenvalue weighted by atomic mass is 14.7. The summed E-state index contributed by atoms with van der Waals surface area (Å²) in [7, 11) is 0. The molecule has 1 atom stereocenters. The molecule has 0 saturated heterocycles. The normalized spacial score (nSPS) is 25.8. The Balaban J connectivity index is 2.89. The van der Waals surface area contributed by atoms with Crippen LogP contribution >= 0.6 is 0 Å². The fourth-order valence-corrected chi connectivity index (χ4v) is 0.557. The lowest BCUT2D eigenvalue weighted by atomic mass is 10.0. The summed E-state index contributed by atoms with van der Waals surface area (Å²) in [4.78, 5) is 3.84. The molecule has 0 spiro atoms. The second-order valence-corrected chi connectivity index (χ2v) is 2.05. The Hall–Kier alpha value is -0.810. The standard InChI is InChI=1S/C7H9N/c1-6-3-4-8-5-7(6)2/h3-4,6H,1-2H3. The van der Waals surface area contributed by atoms with Crippen LogP contribution in [0.25, 0.3) is 0 Å². The fraction of sp³-hybridized carbons (Fsp3) is 0.429. The van der Waals surface area contributed by atoms with Crippen molar-refractivity contribution >= 4 is 5.87 Å². The van der Waals surface area contributed by atoms with Crippen LogP contribution in [0.2, 0.25) is 0 Å². The van der Waals surface area contributed by atoms with Gasteiger partial charge in [0.25, 0.3) is 0 Å². The van der Waals surface area contributed by atoms with E-state index >= 15 is 0 Å². The van der Waals surface area contributed by atoms with E-state index in [4.69, 9.17) is 0 Å². The van der Waals surface area contributed by atoms with Crippen molar-refractivity contribution < 1.29 is 0 Å². The molecule has 1 aliphatic heterocycles. The average molecular weight is 107 g/mol. The van der Waals surface area contributed by atoms with E-state index in [2.05, 4.69) is 23.9 Å². The Morgan fingerprint density at radius 1 is 1.75 bits per heavy atom. The van der Waals surface area contributed by atoms with Crippen LogP contribution in [0.1, 0.15) is 13.8 Å². The summed E-state index contributed by atoms with van der Waals surface area (Å²) in [5, 5.41) is 0. The zero-order chi connectivity index (χ0) is 5.98. The molecular formula is C7H9N. The van der Waals surface area contributed by atoms with Gasteiger partial charge in [-0.15, -0.1) is 0 Å². The first-order valence-electron chi connectivity index (χ1n) is 2.76. The summed E-state index contributed by atoms with van der Waals surface area (Å²) in [5.74, 6) is 3.42. The first-order chi connectivity index (χ1) is 3.80. The van der Waals surface area contributed by atoms with Crippen molar-refractivity contribution in [1.29, 1.82) is 0 Å². The number of rotatable bonds is 0. The number of allylic oxidation sites excluding steroid dienone is 2. The molecule has 0 bridgehead atoms. The Morgan fingerprint density at radius 2 is 2.50 bits per heavy atom. The summed E-state index contributed by atoms with van der Waals surface area (Å²) in [6.07, 6.45) is 3.85. The smallest absolute Gasteiger partial charge is 0.0334 e. The van der Waals surface area contributed by atoms with Crippen molar-refractivity contribution in [3.05, 3.63) is 17.8 Å². The lowest BCUT2D eigenvalue weighted by molar-refractivity contribution is 0.866. The number of nitrogens with zero attached hydrogens (tertiary/aromatic N) is 1. The van der Waals surface area contributed by atoms with Gasteiger partial charge in [-0.3, -0.25) is 0 Å². The highest BCUT2D eigenvalue weighted by Crippen LogP contribution is 2.09. The minimum atomic E-state index is 0.535. The van der Waals surface area contributed by atoms with E-state index in [0.29, 0.717) is 5.92 Å². The molecule has 1 heteroatoms. The third kappa shape index (κ3) is 0.877.